The molecule has 0 bridgehead atoms. The number of nitrogens with zero attached hydrogens (tertiary/aromatic N) is 1. The van der Waals surface area contributed by atoms with Crippen LogP contribution in [0, 0.1) is 5.92 Å². The molecule has 0 spiro atoms. The van der Waals surface area contributed by atoms with Gasteiger partial charge in [-0.2, -0.15) is 0 Å². The van der Waals surface area contributed by atoms with Crippen LogP contribution in [0.25, 0.3) is 0 Å². The molecular formula is C20H33N3O3. The van der Waals surface area contributed by atoms with E-state index in [2.05, 4.69) is 22.5 Å². The summed E-state index contributed by atoms with van der Waals surface area (Å²) in [6, 6.07) is 4.28. The molecule has 1 saturated carbocycles. The molecule has 1 aromatic rings. The van der Waals surface area contributed by atoms with Crippen molar-refractivity contribution in [1.29, 1.82) is 0 Å². The van der Waals surface area contributed by atoms with Crippen molar-refractivity contribution < 1.29 is 14.2 Å². The minimum atomic E-state index is 0.516. The summed E-state index contributed by atoms with van der Waals surface area (Å²) < 4.78 is 16.3. The smallest absolute Gasteiger partial charge is 0.191 e. The molecule has 6 heteroatoms. The number of hydrogen-bond acceptors (Lipinski definition) is 4. The van der Waals surface area contributed by atoms with Crippen LogP contribution in [-0.4, -0.2) is 46.9 Å². The van der Waals surface area contributed by atoms with Crippen LogP contribution in [0.2, 0.25) is 0 Å². The van der Waals surface area contributed by atoms with Crippen molar-refractivity contribution in [2.24, 2.45) is 10.9 Å². The van der Waals surface area contributed by atoms with Crippen molar-refractivity contribution in [3.63, 3.8) is 0 Å². The fourth-order valence-electron chi connectivity index (χ4n) is 3.42. The molecule has 0 aliphatic heterocycles. The van der Waals surface area contributed by atoms with Crippen LogP contribution in [0.4, 0.5) is 0 Å². The summed E-state index contributed by atoms with van der Waals surface area (Å²) in [6.45, 7) is 3.07. The average Bonchev–Trinajstić information content (AvgIpc) is 2.68. The number of nitrogens with one attached hydrogen (secondary N) is 2. The molecule has 0 amide bonds. The number of rotatable bonds is 7. The molecule has 0 heterocycles. The van der Waals surface area contributed by atoms with E-state index in [1.807, 2.05) is 19.2 Å². The Morgan fingerprint density at radius 2 is 1.65 bits per heavy atom. The van der Waals surface area contributed by atoms with E-state index in [-0.39, 0.29) is 0 Å². The fourth-order valence-corrected chi connectivity index (χ4v) is 3.42. The van der Waals surface area contributed by atoms with Gasteiger partial charge in [-0.25, -0.2) is 0 Å². The summed E-state index contributed by atoms with van der Waals surface area (Å²) in [5, 5.41) is 6.95. The molecule has 1 fully saturated rings. The quantitative estimate of drug-likeness (QED) is 0.576. The van der Waals surface area contributed by atoms with Crippen LogP contribution in [0.5, 0.6) is 17.2 Å². The molecular weight excluding hydrogens is 330 g/mol. The summed E-state index contributed by atoms with van der Waals surface area (Å²) >= 11 is 0. The zero-order valence-corrected chi connectivity index (χ0v) is 16.7. The molecule has 0 radical (unpaired) electrons. The summed E-state index contributed by atoms with van der Waals surface area (Å²) in [5.74, 6) is 3.97. The zero-order valence-electron chi connectivity index (χ0n) is 16.7. The summed E-state index contributed by atoms with van der Waals surface area (Å²) in [6.07, 6.45) is 5.76. The Balaban J connectivity index is 1.93. The second-order valence-electron chi connectivity index (χ2n) is 6.86. The van der Waals surface area contributed by atoms with Crippen LogP contribution < -0.4 is 24.8 Å². The van der Waals surface area contributed by atoms with E-state index in [0.717, 1.165) is 47.7 Å². The minimum absolute atomic E-state index is 0.516. The monoisotopic (exact) mass is 363 g/mol. The highest BCUT2D eigenvalue weighted by molar-refractivity contribution is 5.80. The van der Waals surface area contributed by atoms with Crippen molar-refractivity contribution in [2.45, 2.75) is 45.1 Å². The Kier molecular flexibility index (Phi) is 7.88. The molecule has 0 saturated heterocycles. The number of ether oxygens (including phenoxy) is 3. The van der Waals surface area contributed by atoms with Gasteiger partial charge < -0.3 is 24.8 Å². The lowest BCUT2D eigenvalue weighted by molar-refractivity contribution is 0.329. The number of aliphatic imine (C=N–C) groups is 1. The topological polar surface area (TPSA) is 64.1 Å². The van der Waals surface area contributed by atoms with E-state index in [1.54, 1.807) is 21.3 Å². The Hall–Kier alpha value is -2.11. The van der Waals surface area contributed by atoms with Crippen LogP contribution in [0.1, 0.15) is 38.2 Å². The molecule has 1 aliphatic carbocycles. The largest absolute Gasteiger partial charge is 0.496 e. The van der Waals surface area contributed by atoms with Crippen LogP contribution in [-0.2, 0) is 6.42 Å². The Labute approximate surface area is 157 Å². The third-order valence-corrected chi connectivity index (χ3v) is 5.06. The van der Waals surface area contributed by atoms with Crippen LogP contribution >= 0.6 is 0 Å². The summed E-state index contributed by atoms with van der Waals surface area (Å²) in [5.41, 5.74) is 1.02. The Bertz CT molecular complexity index is 571. The maximum Gasteiger partial charge on any atom is 0.191 e. The second-order valence-corrected chi connectivity index (χ2v) is 6.86. The van der Waals surface area contributed by atoms with Crippen LogP contribution in [0.15, 0.2) is 17.1 Å². The van der Waals surface area contributed by atoms with Gasteiger partial charge in [-0.05, 0) is 38.0 Å². The molecule has 146 valence electrons. The van der Waals surface area contributed by atoms with Gasteiger partial charge >= 0.3 is 0 Å². The van der Waals surface area contributed by atoms with Gasteiger partial charge in [0.25, 0.3) is 0 Å². The van der Waals surface area contributed by atoms with Gasteiger partial charge in [-0.15, -0.1) is 0 Å². The number of hydrogen-bond donors (Lipinski definition) is 2. The van der Waals surface area contributed by atoms with E-state index in [1.165, 1.54) is 25.7 Å². The number of methoxy groups -OCH3 is 3. The standard InChI is InChI=1S/C20H33N3O3/c1-14-6-8-15(9-7-14)23-20(21-2)22-11-10-17-18(25-4)12-16(24-3)13-19(17)26-5/h12-15H,6-11H2,1-5H3,(H2,21,22,23). The molecule has 6 nitrogen and oxygen atoms in total. The first-order chi connectivity index (χ1) is 12.6. The molecule has 0 aromatic heterocycles. The highest BCUT2D eigenvalue weighted by Crippen LogP contribution is 2.34. The number of benzene rings is 1. The highest BCUT2D eigenvalue weighted by atomic mass is 16.5. The van der Waals surface area contributed by atoms with Crippen LogP contribution in [0.3, 0.4) is 0 Å². The average molecular weight is 364 g/mol. The fraction of sp³-hybridized carbons (Fsp3) is 0.650. The highest BCUT2D eigenvalue weighted by Gasteiger charge is 2.19. The second kappa shape index (κ2) is 10.1. The lowest BCUT2D eigenvalue weighted by atomic mass is 9.87. The van der Waals surface area contributed by atoms with E-state index in [9.17, 15) is 0 Å². The van der Waals surface area contributed by atoms with Gasteiger partial charge in [0.1, 0.15) is 17.2 Å². The van der Waals surface area contributed by atoms with Gasteiger partial charge in [-0.1, -0.05) is 6.92 Å². The summed E-state index contributed by atoms with van der Waals surface area (Å²) in [7, 11) is 6.78. The molecule has 0 unspecified atom stereocenters. The molecule has 2 rings (SSSR count). The van der Waals surface area contributed by atoms with Gasteiger partial charge in [0.15, 0.2) is 5.96 Å². The molecule has 1 aromatic carbocycles. The van der Waals surface area contributed by atoms with E-state index in [4.69, 9.17) is 14.2 Å². The van der Waals surface area contributed by atoms with Crippen molar-refractivity contribution in [2.75, 3.05) is 34.9 Å². The van der Waals surface area contributed by atoms with Crippen molar-refractivity contribution in [1.82, 2.24) is 10.6 Å². The van der Waals surface area contributed by atoms with Gasteiger partial charge in [0, 0.05) is 37.3 Å². The third-order valence-electron chi connectivity index (χ3n) is 5.06. The van der Waals surface area contributed by atoms with Crippen molar-refractivity contribution in [3.8, 4) is 17.2 Å². The molecule has 2 N–H and O–H groups in total. The molecule has 26 heavy (non-hydrogen) atoms. The van der Waals surface area contributed by atoms with Gasteiger partial charge in [0.2, 0.25) is 0 Å². The lowest BCUT2D eigenvalue weighted by Crippen LogP contribution is -2.45. The maximum atomic E-state index is 5.51. The first-order valence-corrected chi connectivity index (χ1v) is 9.37. The first-order valence-electron chi connectivity index (χ1n) is 9.37. The predicted molar refractivity (Wildman–Crippen MR) is 106 cm³/mol. The predicted octanol–water partition coefficient (Wildman–Crippen LogP) is 3.00. The zero-order chi connectivity index (χ0) is 18.9. The maximum absolute atomic E-state index is 5.51. The minimum Gasteiger partial charge on any atom is -0.496 e. The lowest BCUT2D eigenvalue weighted by Gasteiger charge is -2.28. The van der Waals surface area contributed by atoms with E-state index in [0.29, 0.717) is 6.04 Å². The normalized spacial score (nSPS) is 20.4. The van der Waals surface area contributed by atoms with Crippen molar-refractivity contribution >= 4 is 5.96 Å². The van der Waals surface area contributed by atoms with E-state index < -0.39 is 0 Å². The first kappa shape index (κ1) is 20.2. The molecule has 1 aliphatic rings. The van der Waals surface area contributed by atoms with Crippen molar-refractivity contribution in [3.05, 3.63) is 17.7 Å². The Morgan fingerprint density at radius 1 is 1.04 bits per heavy atom. The SMILES string of the molecule is CN=C(NCCc1c(OC)cc(OC)cc1OC)NC1CCC(C)CC1. The summed E-state index contributed by atoms with van der Waals surface area (Å²) in [4.78, 5) is 4.36. The van der Waals surface area contributed by atoms with E-state index >= 15 is 0 Å². The van der Waals surface area contributed by atoms with Gasteiger partial charge in [0.05, 0.1) is 21.3 Å². The molecule has 0 atom stereocenters. The third kappa shape index (κ3) is 5.44. The number of guanidine groups is 1. The van der Waals surface area contributed by atoms with Gasteiger partial charge in [-0.3, -0.25) is 4.99 Å². The Morgan fingerprint density at radius 3 is 2.15 bits per heavy atom.